The Bertz CT molecular complexity index is 874. The number of aldehydes is 1. The second kappa shape index (κ2) is 6.08. The van der Waals surface area contributed by atoms with E-state index in [1.165, 1.54) is 10.7 Å². The van der Waals surface area contributed by atoms with Crippen LogP contribution in [0.1, 0.15) is 23.0 Å². The molecule has 116 valence electrons. The molecule has 0 bridgehead atoms. The molecule has 0 aliphatic carbocycles. The number of halogens is 2. The maximum atomic E-state index is 13.6. The molecule has 0 saturated heterocycles. The van der Waals surface area contributed by atoms with Crippen molar-refractivity contribution >= 4 is 6.29 Å². The first-order chi connectivity index (χ1) is 11.2. The van der Waals surface area contributed by atoms with Crippen LogP contribution in [0.25, 0.3) is 16.9 Å². The highest BCUT2D eigenvalue weighted by Gasteiger charge is 2.18. The molecule has 2 aromatic carbocycles. The van der Waals surface area contributed by atoms with Gasteiger partial charge in [-0.05, 0) is 36.2 Å². The Morgan fingerprint density at radius 3 is 2.61 bits per heavy atom. The molecule has 1 aromatic heterocycles. The van der Waals surface area contributed by atoms with Crippen LogP contribution in [0.4, 0.5) is 8.78 Å². The van der Waals surface area contributed by atoms with E-state index < -0.39 is 11.6 Å². The molecule has 0 spiro atoms. The van der Waals surface area contributed by atoms with E-state index >= 15 is 0 Å². The van der Waals surface area contributed by atoms with Crippen molar-refractivity contribution in [3.63, 3.8) is 0 Å². The summed E-state index contributed by atoms with van der Waals surface area (Å²) in [6.45, 7) is 1.99. The van der Waals surface area contributed by atoms with Crippen molar-refractivity contribution in [1.29, 1.82) is 0 Å². The number of aryl methyl sites for hydroxylation is 1. The molecule has 0 amide bonds. The summed E-state index contributed by atoms with van der Waals surface area (Å²) in [6.07, 6.45) is 1.30. The number of nitrogens with zero attached hydrogens (tertiary/aromatic N) is 3. The number of aromatic nitrogens is 3. The maximum Gasteiger partial charge on any atom is 0.172 e. The Morgan fingerprint density at radius 2 is 1.91 bits per heavy atom. The summed E-state index contributed by atoms with van der Waals surface area (Å²) in [6, 6.07) is 11.0. The zero-order valence-electron chi connectivity index (χ0n) is 12.3. The van der Waals surface area contributed by atoms with Gasteiger partial charge in [-0.25, -0.2) is 13.5 Å². The predicted molar refractivity (Wildman–Crippen MR) is 81.5 cm³/mol. The number of carbonyl (C=O) groups excluding carboxylic acids is 1. The van der Waals surface area contributed by atoms with Crippen LogP contribution in [0.3, 0.4) is 0 Å². The average molecular weight is 313 g/mol. The highest BCUT2D eigenvalue weighted by atomic mass is 19.2. The van der Waals surface area contributed by atoms with Crippen LogP contribution < -0.4 is 0 Å². The van der Waals surface area contributed by atoms with E-state index in [0.29, 0.717) is 17.5 Å². The van der Waals surface area contributed by atoms with Crippen LogP contribution in [0.15, 0.2) is 42.5 Å². The largest absolute Gasteiger partial charge is 0.296 e. The van der Waals surface area contributed by atoms with Crippen molar-refractivity contribution in [2.45, 2.75) is 13.3 Å². The second-order valence-electron chi connectivity index (χ2n) is 4.96. The van der Waals surface area contributed by atoms with Crippen molar-refractivity contribution in [3.05, 3.63) is 65.4 Å². The fourth-order valence-corrected chi connectivity index (χ4v) is 2.47. The minimum Gasteiger partial charge on any atom is -0.296 e. The van der Waals surface area contributed by atoms with Crippen molar-refractivity contribution in [2.24, 2.45) is 0 Å². The SMILES string of the molecule is CCc1ccccc1-n1nnc(C=O)c1-c1ccc(F)c(F)c1. The van der Waals surface area contributed by atoms with Crippen LogP contribution in [0.5, 0.6) is 0 Å². The molecular formula is C17H13F2N3O. The van der Waals surface area contributed by atoms with Gasteiger partial charge in [-0.15, -0.1) is 5.10 Å². The highest BCUT2D eigenvalue weighted by molar-refractivity contribution is 5.84. The van der Waals surface area contributed by atoms with Gasteiger partial charge in [-0.2, -0.15) is 0 Å². The third kappa shape index (κ3) is 2.63. The molecule has 0 aliphatic rings. The van der Waals surface area contributed by atoms with Crippen molar-refractivity contribution in [1.82, 2.24) is 15.0 Å². The Balaban J connectivity index is 2.26. The van der Waals surface area contributed by atoms with E-state index in [2.05, 4.69) is 10.3 Å². The molecule has 23 heavy (non-hydrogen) atoms. The van der Waals surface area contributed by atoms with E-state index in [4.69, 9.17) is 0 Å². The van der Waals surface area contributed by atoms with Gasteiger partial charge in [-0.3, -0.25) is 4.79 Å². The number of benzene rings is 2. The summed E-state index contributed by atoms with van der Waals surface area (Å²) in [5.41, 5.74) is 2.48. The molecule has 0 unspecified atom stereocenters. The van der Waals surface area contributed by atoms with Gasteiger partial charge in [0.1, 0.15) is 5.69 Å². The first-order valence-electron chi connectivity index (χ1n) is 7.10. The Hall–Kier alpha value is -2.89. The minimum atomic E-state index is -0.990. The van der Waals surface area contributed by atoms with Gasteiger partial charge in [0, 0.05) is 5.56 Å². The molecule has 4 nitrogen and oxygen atoms in total. The number of hydrogen-bond acceptors (Lipinski definition) is 3. The molecule has 3 aromatic rings. The molecule has 0 fully saturated rings. The lowest BCUT2D eigenvalue weighted by molar-refractivity contribution is 0.111. The normalized spacial score (nSPS) is 10.7. The molecule has 0 aliphatic heterocycles. The fourth-order valence-electron chi connectivity index (χ4n) is 2.47. The summed E-state index contributed by atoms with van der Waals surface area (Å²) in [7, 11) is 0. The molecule has 0 atom stereocenters. The van der Waals surface area contributed by atoms with Crippen LogP contribution >= 0.6 is 0 Å². The van der Waals surface area contributed by atoms with Gasteiger partial charge in [0.05, 0.1) is 5.69 Å². The second-order valence-corrected chi connectivity index (χ2v) is 4.96. The molecule has 0 saturated carbocycles. The Kier molecular flexibility index (Phi) is 3.97. The van der Waals surface area contributed by atoms with Crippen molar-refractivity contribution < 1.29 is 13.6 Å². The molecular weight excluding hydrogens is 300 g/mol. The van der Waals surface area contributed by atoms with Gasteiger partial charge in [0.15, 0.2) is 23.6 Å². The van der Waals surface area contributed by atoms with Crippen LogP contribution in [-0.2, 0) is 6.42 Å². The first-order valence-corrected chi connectivity index (χ1v) is 7.10. The average Bonchev–Trinajstić information content (AvgIpc) is 3.01. The highest BCUT2D eigenvalue weighted by Crippen LogP contribution is 2.27. The number of rotatable bonds is 4. The maximum absolute atomic E-state index is 13.6. The van der Waals surface area contributed by atoms with E-state index in [9.17, 15) is 13.6 Å². The quantitative estimate of drug-likeness (QED) is 0.692. The summed E-state index contributed by atoms with van der Waals surface area (Å²) in [5, 5.41) is 7.86. The molecule has 1 heterocycles. The third-order valence-electron chi connectivity index (χ3n) is 3.60. The van der Waals surface area contributed by atoms with E-state index in [0.717, 1.165) is 29.8 Å². The monoisotopic (exact) mass is 313 g/mol. The minimum absolute atomic E-state index is 0.0712. The Morgan fingerprint density at radius 1 is 1.13 bits per heavy atom. The fraction of sp³-hybridized carbons (Fsp3) is 0.118. The smallest absolute Gasteiger partial charge is 0.172 e. The lowest BCUT2D eigenvalue weighted by Gasteiger charge is -2.11. The third-order valence-corrected chi connectivity index (χ3v) is 3.60. The van der Waals surface area contributed by atoms with Crippen molar-refractivity contribution in [3.8, 4) is 16.9 Å². The first kappa shape index (κ1) is 15.0. The topological polar surface area (TPSA) is 47.8 Å². The number of para-hydroxylation sites is 1. The summed E-state index contributed by atoms with van der Waals surface area (Å²) >= 11 is 0. The van der Waals surface area contributed by atoms with Gasteiger partial charge < -0.3 is 0 Å². The number of hydrogen-bond donors (Lipinski definition) is 0. The predicted octanol–water partition coefficient (Wildman–Crippen LogP) is 3.59. The van der Waals surface area contributed by atoms with Crippen LogP contribution in [-0.4, -0.2) is 21.3 Å². The Labute approximate surface area is 131 Å². The summed E-state index contributed by atoms with van der Waals surface area (Å²) in [4.78, 5) is 11.3. The zero-order valence-corrected chi connectivity index (χ0v) is 12.3. The van der Waals surface area contributed by atoms with Crippen LogP contribution in [0, 0.1) is 11.6 Å². The van der Waals surface area contributed by atoms with E-state index in [-0.39, 0.29) is 5.69 Å². The summed E-state index contributed by atoms with van der Waals surface area (Å²) in [5.74, 6) is -1.94. The lowest BCUT2D eigenvalue weighted by atomic mass is 10.1. The van der Waals surface area contributed by atoms with E-state index in [1.54, 1.807) is 0 Å². The molecule has 3 rings (SSSR count). The van der Waals surface area contributed by atoms with Gasteiger partial charge in [-0.1, -0.05) is 30.3 Å². The van der Waals surface area contributed by atoms with E-state index in [1.807, 2.05) is 31.2 Å². The molecule has 0 radical (unpaired) electrons. The van der Waals surface area contributed by atoms with Crippen LogP contribution in [0.2, 0.25) is 0 Å². The molecule has 6 heteroatoms. The van der Waals surface area contributed by atoms with Gasteiger partial charge in [0.25, 0.3) is 0 Å². The zero-order chi connectivity index (χ0) is 16.4. The standard InChI is InChI=1S/C17H13F2N3O/c1-2-11-5-3-4-6-16(11)22-17(15(10-23)20-21-22)12-7-8-13(18)14(19)9-12/h3-10H,2H2,1H3. The molecule has 0 N–H and O–H groups in total. The van der Waals surface area contributed by atoms with Gasteiger partial charge >= 0.3 is 0 Å². The number of carbonyl (C=O) groups is 1. The lowest BCUT2D eigenvalue weighted by Crippen LogP contribution is -2.04. The summed E-state index contributed by atoms with van der Waals surface area (Å²) < 4.78 is 28.2. The van der Waals surface area contributed by atoms with Crippen molar-refractivity contribution in [2.75, 3.05) is 0 Å². The van der Waals surface area contributed by atoms with Gasteiger partial charge in [0.2, 0.25) is 0 Å².